The molecular weight excluding hydrogens is 210 g/mol. The number of aryl methyl sites for hydroxylation is 1. The van der Waals surface area contributed by atoms with Crippen molar-refractivity contribution in [2.75, 3.05) is 6.54 Å². The molecule has 17 heavy (non-hydrogen) atoms. The molecule has 0 spiro atoms. The van der Waals surface area contributed by atoms with Gasteiger partial charge < -0.3 is 10.4 Å². The van der Waals surface area contributed by atoms with Crippen LogP contribution in [0.1, 0.15) is 44.2 Å². The lowest BCUT2D eigenvalue weighted by molar-refractivity contribution is -0.00569. The van der Waals surface area contributed by atoms with Crippen LogP contribution in [0.25, 0.3) is 0 Å². The van der Waals surface area contributed by atoms with E-state index in [9.17, 15) is 5.11 Å². The quantitative estimate of drug-likeness (QED) is 0.787. The third-order valence-corrected chi connectivity index (χ3v) is 3.96. The third kappa shape index (κ3) is 2.38. The molecule has 94 valence electrons. The van der Waals surface area contributed by atoms with Gasteiger partial charge in [0, 0.05) is 6.04 Å². The van der Waals surface area contributed by atoms with Gasteiger partial charge in [0.05, 0.1) is 0 Å². The fourth-order valence-corrected chi connectivity index (χ4v) is 2.93. The number of likely N-dealkylation sites (N-methyl/N-ethyl adjacent to an activating group) is 1. The Morgan fingerprint density at radius 2 is 2.12 bits per heavy atom. The molecule has 0 amide bonds. The Kier molecular flexibility index (Phi) is 3.85. The number of nitrogens with one attached hydrogen (secondary N) is 1. The Morgan fingerprint density at radius 3 is 2.88 bits per heavy atom. The fourth-order valence-electron chi connectivity index (χ4n) is 2.93. The van der Waals surface area contributed by atoms with E-state index in [1.165, 1.54) is 12.0 Å². The summed E-state index contributed by atoms with van der Waals surface area (Å²) < 4.78 is 0. The van der Waals surface area contributed by atoms with Crippen LogP contribution in [0.5, 0.6) is 0 Å². The maximum absolute atomic E-state index is 11.0. The van der Waals surface area contributed by atoms with Crippen LogP contribution in [0.3, 0.4) is 0 Å². The normalized spacial score (nSPS) is 26.1. The van der Waals surface area contributed by atoms with Crippen LogP contribution in [0.15, 0.2) is 24.3 Å². The molecule has 1 aliphatic rings. The Hall–Kier alpha value is -0.860. The lowest BCUT2D eigenvalue weighted by atomic mass is 9.82. The van der Waals surface area contributed by atoms with Crippen molar-refractivity contribution in [3.63, 3.8) is 0 Å². The predicted molar refractivity (Wildman–Crippen MR) is 71.0 cm³/mol. The summed E-state index contributed by atoms with van der Waals surface area (Å²) in [5, 5.41) is 14.4. The first-order chi connectivity index (χ1) is 8.18. The monoisotopic (exact) mass is 233 g/mol. The number of aliphatic hydroxyl groups is 1. The van der Waals surface area contributed by atoms with Crippen LogP contribution >= 0.6 is 0 Å². The minimum Gasteiger partial charge on any atom is -0.384 e. The molecule has 2 atom stereocenters. The predicted octanol–water partition coefficient (Wildman–Crippen LogP) is 2.60. The highest BCUT2D eigenvalue weighted by Crippen LogP contribution is 2.36. The second-order valence-electron chi connectivity index (χ2n) is 5.07. The van der Waals surface area contributed by atoms with E-state index in [1.807, 2.05) is 6.07 Å². The van der Waals surface area contributed by atoms with E-state index < -0.39 is 5.60 Å². The van der Waals surface area contributed by atoms with Gasteiger partial charge in [-0.2, -0.15) is 0 Å². The van der Waals surface area contributed by atoms with Crippen molar-refractivity contribution in [3.8, 4) is 0 Å². The van der Waals surface area contributed by atoms with Crippen molar-refractivity contribution in [2.45, 2.75) is 51.2 Å². The Balaban J connectivity index is 2.39. The molecule has 2 rings (SSSR count). The van der Waals surface area contributed by atoms with Gasteiger partial charge in [0.15, 0.2) is 0 Å². The fraction of sp³-hybridized carbons (Fsp3) is 0.600. The molecule has 0 fully saturated rings. The van der Waals surface area contributed by atoms with Crippen LogP contribution in [-0.2, 0) is 12.0 Å². The van der Waals surface area contributed by atoms with E-state index >= 15 is 0 Å². The number of benzene rings is 1. The number of hydrogen-bond donors (Lipinski definition) is 2. The zero-order valence-corrected chi connectivity index (χ0v) is 10.9. The molecule has 2 unspecified atom stereocenters. The van der Waals surface area contributed by atoms with E-state index in [4.69, 9.17) is 0 Å². The highest BCUT2D eigenvalue weighted by molar-refractivity contribution is 5.34. The topological polar surface area (TPSA) is 32.3 Å². The van der Waals surface area contributed by atoms with Crippen molar-refractivity contribution >= 4 is 0 Å². The summed E-state index contributed by atoms with van der Waals surface area (Å²) in [6.07, 6.45) is 4.23. The van der Waals surface area contributed by atoms with Gasteiger partial charge in [-0.05, 0) is 50.3 Å². The van der Waals surface area contributed by atoms with Gasteiger partial charge in [0.2, 0.25) is 0 Å². The molecule has 1 aromatic carbocycles. The summed E-state index contributed by atoms with van der Waals surface area (Å²) in [6.45, 7) is 5.07. The van der Waals surface area contributed by atoms with E-state index in [2.05, 4.69) is 37.4 Å². The first kappa shape index (κ1) is 12.6. The van der Waals surface area contributed by atoms with Gasteiger partial charge in [0.25, 0.3) is 0 Å². The molecule has 0 saturated heterocycles. The minimum absolute atomic E-state index is 0.103. The molecule has 0 heterocycles. The summed E-state index contributed by atoms with van der Waals surface area (Å²) in [4.78, 5) is 0. The molecule has 0 saturated carbocycles. The van der Waals surface area contributed by atoms with Crippen LogP contribution in [-0.4, -0.2) is 17.7 Å². The number of fused-ring (bicyclic) bond motifs is 1. The lowest BCUT2D eigenvalue weighted by Crippen LogP contribution is -2.46. The average Bonchev–Trinajstić information content (AvgIpc) is 2.51. The largest absolute Gasteiger partial charge is 0.384 e. The van der Waals surface area contributed by atoms with Gasteiger partial charge in [-0.3, -0.25) is 0 Å². The van der Waals surface area contributed by atoms with Crippen LogP contribution in [0.2, 0.25) is 0 Å². The first-order valence-corrected chi connectivity index (χ1v) is 6.72. The molecular formula is C15H23NO. The van der Waals surface area contributed by atoms with E-state index in [1.54, 1.807) is 0 Å². The number of rotatable bonds is 3. The van der Waals surface area contributed by atoms with Crippen LogP contribution in [0.4, 0.5) is 0 Å². The van der Waals surface area contributed by atoms with Crippen molar-refractivity contribution in [1.29, 1.82) is 0 Å². The average molecular weight is 233 g/mol. The molecule has 0 bridgehead atoms. The number of hydrogen-bond acceptors (Lipinski definition) is 2. The molecule has 0 aromatic heterocycles. The SMILES string of the molecule is CCNC(C)C1(O)CCCCc2ccccc21. The first-order valence-electron chi connectivity index (χ1n) is 6.72. The zero-order valence-electron chi connectivity index (χ0n) is 10.9. The molecule has 2 nitrogen and oxygen atoms in total. The highest BCUT2D eigenvalue weighted by Gasteiger charge is 2.37. The van der Waals surface area contributed by atoms with Crippen molar-refractivity contribution in [3.05, 3.63) is 35.4 Å². The molecule has 0 radical (unpaired) electrons. The van der Waals surface area contributed by atoms with Crippen LogP contribution < -0.4 is 5.32 Å². The second-order valence-corrected chi connectivity index (χ2v) is 5.07. The standard InChI is InChI=1S/C15H23NO/c1-3-16-12(2)15(17)11-7-6-9-13-8-4-5-10-14(13)15/h4-5,8,10,12,16-17H,3,6-7,9,11H2,1-2H3. The molecule has 1 aliphatic carbocycles. The minimum atomic E-state index is -0.705. The lowest BCUT2D eigenvalue weighted by Gasteiger charge is -2.35. The molecule has 1 aromatic rings. The van der Waals surface area contributed by atoms with Crippen molar-refractivity contribution < 1.29 is 5.11 Å². The molecule has 2 N–H and O–H groups in total. The van der Waals surface area contributed by atoms with Crippen LogP contribution in [0, 0.1) is 0 Å². The maximum atomic E-state index is 11.0. The summed E-state index contributed by atoms with van der Waals surface area (Å²) in [5.74, 6) is 0. The van der Waals surface area contributed by atoms with Gasteiger partial charge in [-0.25, -0.2) is 0 Å². The Labute approximate surface area is 104 Å². The molecule has 2 heteroatoms. The summed E-state index contributed by atoms with van der Waals surface area (Å²) in [5.41, 5.74) is 1.74. The van der Waals surface area contributed by atoms with Gasteiger partial charge in [0.1, 0.15) is 5.60 Å². The Bertz CT molecular complexity index is 377. The van der Waals surface area contributed by atoms with Crippen molar-refractivity contribution in [2.24, 2.45) is 0 Å². The smallest absolute Gasteiger partial charge is 0.105 e. The van der Waals surface area contributed by atoms with E-state index in [0.717, 1.165) is 31.4 Å². The Morgan fingerprint density at radius 1 is 1.35 bits per heavy atom. The van der Waals surface area contributed by atoms with Crippen molar-refractivity contribution in [1.82, 2.24) is 5.32 Å². The maximum Gasteiger partial charge on any atom is 0.105 e. The van der Waals surface area contributed by atoms with E-state index in [-0.39, 0.29) is 6.04 Å². The summed E-state index contributed by atoms with van der Waals surface area (Å²) in [6, 6.07) is 8.46. The zero-order chi connectivity index (χ0) is 12.3. The van der Waals surface area contributed by atoms with Gasteiger partial charge >= 0.3 is 0 Å². The van der Waals surface area contributed by atoms with Gasteiger partial charge in [-0.1, -0.05) is 31.2 Å². The summed E-state index contributed by atoms with van der Waals surface area (Å²) >= 11 is 0. The highest BCUT2D eigenvalue weighted by atomic mass is 16.3. The summed E-state index contributed by atoms with van der Waals surface area (Å²) in [7, 11) is 0. The second kappa shape index (κ2) is 5.19. The third-order valence-electron chi connectivity index (χ3n) is 3.96. The molecule has 0 aliphatic heterocycles. The van der Waals surface area contributed by atoms with E-state index in [0.29, 0.717) is 0 Å². The van der Waals surface area contributed by atoms with Gasteiger partial charge in [-0.15, -0.1) is 0 Å².